The van der Waals surface area contributed by atoms with E-state index in [4.69, 9.17) is 29.4 Å². The molecular weight excluding hydrogens is 654 g/mol. The van der Waals surface area contributed by atoms with Crippen molar-refractivity contribution in [1.29, 1.82) is 0 Å². The van der Waals surface area contributed by atoms with Gasteiger partial charge in [0.25, 0.3) is 0 Å². The van der Waals surface area contributed by atoms with E-state index in [0.717, 1.165) is 5.56 Å². The Morgan fingerprint density at radius 3 is 2.31 bits per heavy atom. The lowest BCUT2D eigenvalue weighted by molar-refractivity contribution is -0.294. The largest absolute Gasteiger partial charge is 0.455 e. The van der Waals surface area contributed by atoms with Gasteiger partial charge in [0.2, 0.25) is 0 Å². The highest BCUT2D eigenvalue weighted by atomic mass is 16.7. The van der Waals surface area contributed by atoms with Crippen LogP contribution in [0.1, 0.15) is 80.2 Å². The average molecular weight is 716 g/mol. The molecule has 12 heteroatoms. The summed E-state index contributed by atoms with van der Waals surface area (Å²) in [6.07, 6.45) is -0.711. The maximum absolute atomic E-state index is 14.6. The van der Waals surface area contributed by atoms with Gasteiger partial charge in [-0.2, -0.15) is 0 Å². The van der Waals surface area contributed by atoms with Gasteiger partial charge in [-0.25, -0.2) is 9.59 Å². The molecule has 4 rings (SSSR count). The minimum Gasteiger partial charge on any atom is -0.455 e. The molecule has 3 aliphatic heterocycles. The number of nitrogens with zero attached hydrogens (tertiary/aromatic N) is 2. The third-order valence-electron chi connectivity index (χ3n) is 11.4. The first kappa shape index (κ1) is 40.7. The highest BCUT2D eigenvalue weighted by Gasteiger charge is 2.60. The Balaban J connectivity index is 1.76. The molecule has 0 aliphatic carbocycles. The molecule has 12 nitrogen and oxygen atoms in total. The average Bonchev–Trinajstić information content (AvgIpc) is 3.34. The molecule has 3 aliphatic rings. The Morgan fingerprint density at radius 2 is 1.73 bits per heavy atom. The molecule has 0 saturated carbocycles. The number of hydrogen-bond acceptors (Lipinski definition) is 11. The fourth-order valence-electron chi connectivity index (χ4n) is 8.55. The monoisotopic (exact) mass is 715 g/mol. The molecule has 0 bridgehead atoms. The van der Waals surface area contributed by atoms with Gasteiger partial charge in [-0.3, -0.25) is 9.69 Å². The maximum Gasteiger partial charge on any atom is 0.410 e. The zero-order valence-electron chi connectivity index (χ0n) is 32.4. The van der Waals surface area contributed by atoms with E-state index in [1.54, 1.807) is 31.9 Å². The van der Waals surface area contributed by atoms with Crippen LogP contribution in [-0.4, -0.2) is 114 Å². The number of Topliss-reactive ketones (excluding diaryl/α,β-unsaturated/α-hetero) is 1. The second-order valence-corrected chi connectivity index (χ2v) is 15.6. The number of ketones is 1. The predicted molar refractivity (Wildman–Crippen MR) is 194 cm³/mol. The number of aliphatic hydroxyl groups is 1. The Hall–Kier alpha value is -3.03. The molecule has 1 amide bonds. The number of carbonyl (C=O) groups excluding carboxylic acids is 3. The van der Waals surface area contributed by atoms with Crippen molar-refractivity contribution in [2.24, 2.45) is 17.8 Å². The van der Waals surface area contributed by atoms with E-state index in [2.05, 4.69) is 0 Å². The summed E-state index contributed by atoms with van der Waals surface area (Å²) in [5, 5.41) is 11.4. The van der Waals surface area contributed by atoms with E-state index in [9.17, 15) is 19.5 Å². The normalized spacial score (nSPS) is 39.5. The van der Waals surface area contributed by atoms with E-state index in [1.807, 2.05) is 84.8 Å². The first-order valence-corrected chi connectivity index (χ1v) is 18.3. The topological polar surface area (TPSA) is 150 Å². The summed E-state index contributed by atoms with van der Waals surface area (Å²) in [5.41, 5.74) is 5.48. The van der Waals surface area contributed by atoms with Crippen molar-refractivity contribution < 1.29 is 43.2 Å². The van der Waals surface area contributed by atoms with E-state index in [1.165, 1.54) is 0 Å². The van der Waals surface area contributed by atoms with E-state index in [-0.39, 0.29) is 30.9 Å². The first-order chi connectivity index (χ1) is 23.9. The lowest BCUT2D eigenvalue weighted by Gasteiger charge is -2.47. The SMILES string of the molecule is CC[C@H]1OC(=O)/C(C)=C/[C@H](C)[C@@H](O[C@@H]2O[C@H](C)C[C@H](N(C)C)[C@H]2O)[C@](C)(OC)C[C@@H](C)C(=O)[C@H](C)[C@H]2N(CCc3ccc(N)cc3)C(=O)O[C@]12C. The summed E-state index contributed by atoms with van der Waals surface area (Å²) in [7, 11) is 5.40. The lowest BCUT2D eigenvalue weighted by Crippen LogP contribution is -2.59. The first-order valence-electron chi connectivity index (χ1n) is 18.3. The molecule has 1 aromatic carbocycles. The number of aliphatic hydroxyl groups excluding tert-OH is 1. The molecular formula is C39H61N3O9. The molecule has 0 unspecified atom stereocenters. The van der Waals surface area contributed by atoms with Crippen LogP contribution in [0.15, 0.2) is 35.9 Å². The van der Waals surface area contributed by atoms with Crippen molar-refractivity contribution in [2.75, 3.05) is 33.5 Å². The Kier molecular flexibility index (Phi) is 13.0. The van der Waals surface area contributed by atoms with Crippen LogP contribution in [0, 0.1) is 17.8 Å². The van der Waals surface area contributed by atoms with Crippen molar-refractivity contribution in [3.05, 3.63) is 41.5 Å². The van der Waals surface area contributed by atoms with Gasteiger partial charge >= 0.3 is 12.1 Å². The van der Waals surface area contributed by atoms with E-state index < -0.39 is 71.7 Å². The van der Waals surface area contributed by atoms with Gasteiger partial charge in [0.15, 0.2) is 11.9 Å². The number of hydrogen-bond donors (Lipinski definition) is 2. The van der Waals surface area contributed by atoms with Crippen LogP contribution >= 0.6 is 0 Å². The second kappa shape index (κ2) is 16.3. The molecule has 0 radical (unpaired) electrons. The highest BCUT2D eigenvalue weighted by molar-refractivity contribution is 5.88. The summed E-state index contributed by atoms with van der Waals surface area (Å²) in [4.78, 5) is 45.7. The Bertz CT molecular complexity index is 1420. The number of esters is 1. The van der Waals surface area contributed by atoms with E-state index in [0.29, 0.717) is 30.5 Å². The number of methoxy groups -OCH3 is 1. The second-order valence-electron chi connectivity index (χ2n) is 15.6. The smallest absolute Gasteiger partial charge is 0.410 e. The summed E-state index contributed by atoms with van der Waals surface area (Å²) in [6, 6.07) is 6.52. The standard InChI is InChI=1S/C39H61N3O9/c1-12-30-39(8)33(42(37(46)51-39)18-17-27-13-15-28(40)16-14-27)26(6)31(43)24(4)21-38(7,47-11)34(22(2)19-23(3)35(45)49-30)50-36-32(44)29(41(9)10)20-25(5)48-36/h13-16,19,22,24-26,29-30,32-34,36,44H,12,17-18,20-21,40H2,1-11H3/b23-19+/t22-,24+,25+,26-,29-,30+,32+,33+,34+,36-,38+,39+/m0/s1. The van der Waals surface area contributed by atoms with Gasteiger partial charge in [0, 0.05) is 48.7 Å². The lowest BCUT2D eigenvalue weighted by atomic mass is 9.74. The highest BCUT2D eigenvalue weighted by Crippen LogP contribution is 2.43. The third kappa shape index (κ3) is 8.62. The summed E-state index contributed by atoms with van der Waals surface area (Å²) in [5.74, 6) is -2.33. The minimum absolute atomic E-state index is 0.0862. The third-order valence-corrected chi connectivity index (χ3v) is 11.4. The molecule has 51 heavy (non-hydrogen) atoms. The Labute approximate surface area is 303 Å². The molecule has 286 valence electrons. The molecule has 12 atom stereocenters. The number of nitrogen functional groups attached to an aromatic ring is 1. The molecule has 2 saturated heterocycles. The van der Waals surface area contributed by atoms with Gasteiger partial charge in [-0.1, -0.05) is 45.9 Å². The number of likely N-dealkylation sites (N-methyl/N-ethyl adjacent to an activating group) is 1. The van der Waals surface area contributed by atoms with E-state index >= 15 is 0 Å². The van der Waals surface area contributed by atoms with Gasteiger partial charge in [0.1, 0.15) is 18.0 Å². The molecule has 1 aromatic rings. The van der Waals surface area contributed by atoms with Crippen molar-refractivity contribution in [2.45, 2.75) is 135 Å². The number of cyclic esters (lactones) is 1. The number of ether oxygens (including phenoxy) is 5. The number of amides is 1. The predicted octanol–water partition coefficient (Wildman–Crippen LogP) is 4.76. The number of benzene rings is 1. The fourth-order valence-corrected chi connectivity index (χ4v) is 8.55. The van der Waals surface area contributed by atoms with Gasteiger partial charge in [0.05, 0.1) is 23.9 Å². The zero-order valence-corrected chi connectivity index (χ0v) is 32.4. The fraction of sp³-hybridized carbons (Fsp3) is 0.718. The molecule has 3 N–H and O–H groups in total. The van der Waals surface area contributed by atoms with Crippen LogP contribution in [0.5, 0.6) is 0 Å². The summed E-state index contributed by atoms with van der Waals surface area (Å²) >= 11 is 0. The number of nitrogens with two attached hydrogens (primary N) is 1. The zero-order chi connectivity index (χ0) is 38.0. The van der Waals surface area contributed by atoms with Gasteiger partial charge in [-0.15, -0.1) is 0 Å². The van der Waals surface area contributed by atoms with Crippen LogP contribution in [0.4, 0.5) is 10.5 Å². The molecule has 0 spiro atoms. The van der Waals surface area contributed by atoms with Crippen molar-refractivity contribution in [3.8, 4) is 0 Å². The van der Waals surface area contributed by atoms with Gasteiger partial charge in [-0.05, 0) is 85.2 Å². The van der Waals surface area contributed by atoms with Gasteiger partial charge < -0.3 is 39.4 Å². The maximum atomic E-state index is 14.6. The Morgan fingerprint density at radius 1 is 1.08 bits per heavy atom. The number of anilines is 1. The quantitative estimate of drug-likeness (QED) is 0.284. The molecule has 2 fully saturated rings. The van der Waals surface area contributed by atoms with Crippen molar-refractivity contribution >= 4 is 23.5 Å². The van der Waals surface area contributed by atoms with Crippen LogP contribution in [0.2, 0.25) is 0 Å². The van der Waals surface area contributed by atoms with Crippen LogP contribution in [-0.2, 0) is 39.7 Å². The van der Waals surface area contributed by atoms with Crippen LogP contribution < -0.4 is 5.73 Å². The molecule has 0 aromatic heterocycles. The summed E-state index contributed by atoms with van der Waals surface area (Å²) in [6.45, 7) is 15.0. The summed E-state index contributed by atoms with van der Waals surface area (Å²) < 4.78 is 31.4. The van der Waals surface area contributed by atoms with Crippen molar-refractivity contribution in [1.82, 2.24) is 9.80 Å². The minimum atomic E-state index is -1.31. The van der Waals surface area contributed by atoms with Crippen molar-refractivity contribution in [3.63, 3.8) is 0 Å². The number of carbonyl (C=O) groups is 3. The van der Waals surface area contributed by atoms with Crippen LogP contribution in [0.3, 0.4) is 0 Å². The van der Waals surface area contributed by atoms with Crippen LogP contribution in [0.25, 0.3) is 0 Å². The molecule has 3 heterocycles. The number of rotatable bonds is 8. The number of fused-ring (bicyclic) bond motifs is 1.